The van der Waals surface area contributed by atoms with Crippen LogP contribution in [0.5, 0.6) is 0 Å². The Balaban J connectivity index is 1.75. The molecule has 27 heavy (non-hydrogen) atoms. The second-order valence-corrected chi connectivity index (χ2v) is 8.37. The number of carbonyl (C=O) groups is 1. The smallest absolute Gasteiger partial charge is 0.225 e. The van der Waals surface area contributed by atoms with E-state index in [-0.39, 0.29) is 23.8 Å². The fourth-order valence-electron chi connectivity index (χ4n) is 3.92. The second-order valence-electron chi connectivity index (χ2n) is 8.37. The number of aromatic nitrogens is 2. The molecular formula is C22H32N4O. The third-order valence-electron chi connectivity index (χ3n) is 5.63. The lowest BCUT2D eigenvalue weighted by Crippen LogP contribution is -2.38. The van der Waals surface area contributed by atoms with Crippen molar-refractivity contribution in [2.75, 3.05) is 13.1 Å². The van der Waals surface area contributed by atoms with Crippen molar-refractivity contribution in [1.82, 2.24) is 20.4 Å². The van der Waals surface area contributed by atoms with Crippen LogP contribution in [0.15, 0.2) is 36.7 Å². The van der Waals surface area contributed by atoms with Gasteiger partial charge in [0.25, 0.3) is 0 Å². The summed E-state index contributed by atoms with van der Waals surface area (Å²) in [6, 6.07) is 8.69. The van der Waals surface area contributed by atoms with Crippen LogP contribution in [-0.4, -0.2) is 28.8 Å². The van der Waals surface area contributed by atoms with Crippen molar-refractivity contribution in [1.29, 1.82) is 0 Å². The molecule has 5 nitrogen and oxygen atoms in total. The van der Waals surface area contributed by atoms with Crippen molar-refractivity contribution < 1.29 is 4.79 Å². The molecule has 1 aliphatic rings. The maximum atomic E-state index is 13.1. The lowest BCUT2D eigenvalue weighted by molar-refractivity contribution is -0.125. The van der Waals surface area contributed by atoms with Crippen LogP contribution in [0.25, 0.3) is 0 Å². The summed E-state index contributed by atoms with van der Waals surface area (Å²) in [7, 11) is 1.91. The predicted molar refractivity (Wildman–Crippen MR) is 109 cm³/mol. The van der Waals surface area contributed by atoms with Crippen LogP contribution < -0.4 is 10.6 Å². The van der Waals surface area contributed by atoms with Crippen molar-refractivity contribution in [3.8, 4) is 0 Å². The summed E-state index contributed by atoms with van der Waals surface area (Å²) in [6.07, 6.45) is 3.89. The third-order valence-corrected chi connectivity index (χ3v) is 5.63. The summed E-state index contributed by atoms with van der Waals surface area (Å²) in [6.45, 7) is 10.2. The molecule has 1 aliphatic heterocycles. The highest BCUT2D eigenvalue weighted by Crippen LogP contribution is 2.30. The van der Waals surface area contributed by atoms with Gasteiger partial charge in [0.15, 0.2) is 0 Å². The number of rotatable bonds is 6. The summed E-state index contributed by atoms with van der Waals surface area (Å²) in [5.74, 6) is 1.07. The number of nitrogens with one attached hydrogen (secondary N) is 2. The van der Waals surface area contributed by atoms with E-state index in [1.54, 1.807) is 4.68 Å². The number of hydrogen-bond donors (Lipinski definition) is 2. The summed E-state index contributed by atoms with van der Waals surface area (Å²) in [5, 5.41) is 11.0. The van der Waals surface area contributed by atoms with Crippen LogP contribution in [0, 0.1) is 11.8 Å². The van der Waals surface area contributed by atoms with E-state index < -0.39 is 0 Å². The highest BCUT2D eigenvalue weighted by atomic mass is 16.2. The molecule has 0 bridgehead atoms. The zero-order chi connectivity index (χ0) is 19.6. The van der Waals surface area contributed by atoms with Crippen LogP contribution in [0.3, 0.4) is 0 Å². The average molecular weight is 369 g/mol. The minimum Gasteiger partial charge on any atom is -0.349 e. The van der Waals surface area contributed by atoms with Gasteiger partial charge in [-0.1, -0.05) is 52.0 Å². The van der Waals surface area contributed by atoms with Gasteiger partial charge in [-0.15, -0.1) is 0 Å². The normalized spacial score (nSPS) is 21.0. The van der Waals surface area contributed by atoms with Gasteiger partial charge < -0.3 is 10.6 Å². The lowest BCUT2D eigenvalue weighted by atomic mass is 9.88. The molecule has 146 valence electrons. The zero-order valence-electron chi connectivity index (χ0n) is 17.1. The van der Waals surface area contributed by atoms with E-state index in [1.165, 1.54) is 11.1 Å². The van der Waals surface area contributed by atoms with Crippen molar-refractivity contribution >= 4 is 5.91 Å². The maximum Gasteiger partial charge on any atom is 0.225 e. The van der Waals surface area contributed by atoms with Crippen LogP contribution in [0.2, 0.25) is 0 Å². The molecule has 1 aromatic heterocycles. The van der Waals surface area contributed by atoms with Gasteiger partial charge in [0.05, 0.1) is 18.2 Å². The van der Waals surface area contributed by atoms with Gasteiger partial charge in [-0.25, -0.2) is 0 Å². The van der Waals surface area contributed by atoms with Crippen molar-refractivity contribution in [2.24, 2.45) is 18.9 Å². The van der Waals surface area contributed by atoms with E-state index >= 15 is 0 Å². The molecule has 2 heterocycles. The van der Waals surface area contributed by atoms with Crippen LogP contribution >= 0.6 is 0 Å². The third kappa shape index (κ3) is 4.41. The molecule has 1 amide bonds. The van der Waals surface area contributed by atoms with Crippen LogP contribution in [0.1, 0.15) is 62.3 Å². The Kier molecular flexibility index (Phi) is 6.00. The Labute approximate surface area is 162 Å². The first kappa shape index (κ1) is 19.6. The first-order valence-corrected chi connectivity index (χ1v) is 9.96. The Morgan fingerprint density at radius 3 is 2.37 bits per heavy atom. The molecule has 3 atom stereocenters. The number of benzene rings is 1. The van der Waals surface area contributed by atoms with E-state index in [4.69, 9.17) is 0 Å². The molecule has 0 aliphatic carbocycles. The second kappa shape index (κ2) is 8.26. The van der Waals surface area contributed by atoms with Crippen LogP contribution in [-0.2, 0) is 11.8 Å². The standard InChI is InChI=1S/C22H32N4O/c1-14(2)16-6-8-17(9-7-16)21(15(3)4)25-22(27)20-12-23-11-19(20)18-10-24-26(5)13-18/h6-10,13-15,19-21,23H,11-12H2,1-5H3,(H,25,27)/t19-,20+,21?/m1/s1. The van der Waals surface area contributed by atoms with Gasteiger partial charge in [-0.2, -0.15) is 5.10 Å². The summed E-state index contributed by atoms with van der Waals surface area (Å²) >= 11 is 0. The molecule has 0 radical (unpaired) electrons. The highest BCUT2D eigenvalue weighted by molar-refractivity contribution is 5.81. The van der Waals surface area contributed by atoms with E-state index in [0.717, 1.165) is 12.1 Å². The largest absolute Gasteiger partial charge is 0.349 e. The molecular weight excluding hydrogens is 336 g/mol. The number of hydrogen-bond acceptors (Lipinski definition) is 3. The highest BCUT2D eigenvalue weighted by Gasteiger charge is 2.36. The Morgan fingerprint density at radius 1 is 1.15 bits per heavy atom. The molecule has 3 rings (SSSR count). The van der Waals surface area contributed by atoms with Crippen molar-refractivity contribution in [3.63, 3.8) is 0 Å². The van der Waals surface area contributed by atoms with Crippen molar-refractivity contribution in [3.05, 3.63) is 53.3 Å². The lowest BCUT2D eigenvalue weighted by Gasteiger charge is -2.26. The van der Waals surface area contributed by atoms with Gasteiger partial charge in [0.1, 0.15) is 0 Å². The molecule has 1 aromatic carbocycles. The maximum absolute atomic E-state index is 13.1. The molecule has 2 aromatic rings. The number of nitrogens with zero attached hydrogens (tertiary/aromatic N) is 2. The minimum atomic E-state index is -0.0645. The summed E-state index contributed by atoms with van der Waals surface area (Å²) in [4.78, 5) is 13.1. The number of aryl methyl sites for hydroxylation is 1. The molecule has 1 unspecified atom stereocenters. The average Bonchev–Trinajstić information content (AvgIpc) is 3.28. The minimum absolute atomic E-state index is 0.0221. The molecule has 2 N–H and O–H groups in total. The molecule has 0 saturated carbocycles. The van der Waals surface area contributed by atoms with E-state index in [9.17, 15) is 4.79 Å². The Morgan fingerprint density at radius 2 is 1.81 bits per heavy atom. The van der Waals surface area contributed by atoms with E-state index in [2.05, 4.69) is 67.7 Å². The SMILES string of the molecule is CC(C)c1ccc(C(NC(=O)[C@H]2CNC[C@@H]2c2cnn(C)c2)C(C)C)cc1. The quantitative estimate of drug-likeness (QED) is 0.822. The van der Waals surface area contributed by atoms with Gasteiger partial charge in [-0.3, -0.25) is 9.48 Å². The first-order chi connectivity index (χ1) is 12.9. The molecule has 5 heteroatoms. The van der Waals surface area contributed by atoms with Crippen LogP contribution in [0.4, 0.5) is 0 Å². The first-order valence-electron chi connectivity index (χ1n) is 9.96. The Hall–Kier alpha value is -2.14. The van der Waals surface area contributed by atoms with Gasteiger partial charge in [0.2, 0.25) is 5.91 Å². The van der Waals surface area contributed by atoms with Crippen molar-refractivity contribution in [2.45, 2.75) is 45.6 Å². The Bertz CT molecular complexity index is 763. The van der Waals surface area contributed by atoms with E-state index in [1.807, 2.05) is 19.4 Å². The fraction of sp³-hybridized carbons (Fsp3) is 0.545. The fourth-order valence-corrected chi connectivity index (χ4v) is 3.92. The zero-order valence-corrected chi connectivity index (χ0v) is 17.1. The number of carbonyl (C=O) groups excluding carboxylic acids is 1. The number of amides is 1. The van der Waals surface area contributed by atoms with Gasteiger partial charge in [-0.05, 0) is 28.5 Å². The predicted octanol–water partition coefficient (Wildman–Crippen LogP) is 3.36. The van der Waals surface area contributed by atoms with Gasteiger partial charge >= 0.3 is 0 Å². The molecule has 1 fully saturated rings. The summed E-state index contributed by atoms with van der Waals surface area (Å²) < 4.78 is 1.80. The monoisotopic (exact) mass is 368 g/mol. The van der Waals surface area contributed by atoms with E-state index in [0.29, 0.717) is 18.4 Å². The summed E-state index contributed by atoms with van der Waals surface area (Å²) in [5.41, 5.74) is 3.63. The topological polar surface area (TPSA) is 59.0 Å². The molecule has 1 saturated heterocycles. The van der Waals surface area contributed by atoms with Gasteiger partial charge in [0, 0.05) is 32.3 Å². The molecule has 0 spiro atoms.